The maximum absolute atomic E-state index is 13.1. The molecule has 3 aromatic carbocycles. The highest BCUT2D eigenvalue weighted by atomic mass is 19.4. The lowest BCUT2D eigenvalue weighted by Crippen LogP contribution is -2.11. The van der Waals surface area contributed by atoms with Crippen molar-refractivity contribution in [2.24, 2.45) is 0 Å². The highest BCUT2D eigenvalue weighted by molar-refractivity contribution is 6.04. The van der Waals surface area contributed by atoms with Gasteiger partial charge in [-0.15, -0.1) is 5.10 Å². The molecule has 1 aromatic heterocycles. The predicted octanol–water partition coefficient (Wildman–Crippen LogP) is 5.21. The van der Waals surface area contributed by atoms with E-state index in [-0.39, 0.29) is 23.3 Å². The third kappa shape index (κ3) is 4.46. The molecule has 6 nitrogen and oxygen atoms in total. The van der Waals surface area contributed by atoms with Gasteiger partial charge in [-0.05, 0) is 48.5 Å². The summed E-state index contributed by atoms with van der Waals surface area (Å²) < 4.78 is 45.9. The lowest BCUT2D eigenvalue weighted by molar-refractivity contribution is -0.137. The molecule has 0 unspecified atom stereocenters. The van der Waals surface area contributed by atoms with E-state index in [1.165, 1.54) is 23.9 Å². The number of hydrogen-bond acceptors (Lipinski definition) is 4. The number of anilines is 1. The number of nitrogens with zero attached hydrogens (tertiary/aromatic N) is 3. The molecule has 4 aromatic rings. The molecule has 1 heterocycles. The number of aromatic nitrogens is 3. The van der Waals surface area contributed by atoms with Gasteiger partial charge in [0.1, 0.15) is 0 Å². The number of carbonyl (C=O) groups is 1. The van der Waals surface area contributed by atoms with Crippen LogP contribution in [0.1, 0.15) is 15.9 Å². The van der Waals surface area contributed by atoms with Crippen LogP contribution in [0.25, 0.3) is 17.1 Å². The van der Waals surface area contributed by atoms with E-state index in [1.807, 2.05) is 6.07 Å². The average molecular weight is 438 g/mol. The average Bonchev–Trinajstić information content (AvgIpc) is 3.24. The molecule has 1 amide bonds. The van der Waals surface area contributed by atoms with Crippen LogP contribution in [0.2, 0.25) is 0 Å². The van der Waals surface area contributed by atoms with Gasteiger partial charge in [0.25, 0.3) is 5.91 Å². The van der Waals surface area contributed by atoms with Crippen molar-refractivity contribution in [2.75, 3.05) is 12.4 Å². The van der Waals surface area contributed by atoms with E-state index in [0.29, 0.717) is 16.9 Å². The Hall–Kier alpha value is -4.14. The summed E-state index contributed by atoms with van der Waals surface area (Å²) in [5, 5.41) is 7.01. The van der Waals surface area contributed by atoms with E-state index >= 15 is 0 Å². The van der Waals surface area contributed by atoms with Gasteiger partial charge in [0.2, 0.25) is 0 Å². The van der Waals surface area contributed by atoms with Crippen LogP contribution in [0.5, 0.6) is 6.01 Å². The van der Waals surface area contributed by atoms with E-state index in [9.17, 15) is 18.0 Å². The fourth-order valence-electron chi connectivity index (χ4n) is 3.06. The van der Waals surface area contributed by atoms with Crippen molar-refractivity contribution in [1.82, 2.24) is 14.8 Å². The number of ether oxygens (including phenoxy) is 1. The van der Waals surface area contributed by atoms with Crippen molar-refractivity contribution >= 4 is 11.6 Å². The Morgan fingerprint density at radius 3 is 2.34 bits per heavy atom. The summed E-state index contributed by atoms with van der Waals surface area (Å²) in [6, 6.07) is 20.3. The normalized spacial score (nSPS) is 11.2. The molecule has 0 aliphatic rings. The van der Waals surface area contributed by atoms with Gasteiger partial charge >= 0.3 is 12.2 Å². The fourth-order valence-corrected chi connectivity index (χ4v) is 3.06. The Morgan fingerprint density at radius 1 is 0.969 bits per heavy atom. The van der Waals surface area contributed by atoms with Crippen molar-refractivity contribution < 1.29 is 22.7 Å². The molecular weight excluding hydrogens is 421 g/mol. The van der Waals surface area contributed by atoms with E-state index in [0.717, 1.165) is 12.1 Å². The van der Waals surface area contributed by atoms with Crippen molar-refractivity contribution in [3.05, 3.63) is 90.0 Å². The predicted molar refractivity (Wildman–Crippen MR) is 113 cm³/mol. The minimum atomic E-state index is -4.48. The fraction of sp³-hybridized carbons (Fsp3) is 0.0870. The number of methoxy groups -OCH3 is 1. The minimum absolute atomic E-state index is 0.0128. The molecule has 0 saturated carbocycles. The quantitative estimate of drug-likeness (QED) is 0.464. The number of benzene rings is 3. The van der Waals surface area contributed by atoms with E-state index in [2.05, 4.69) is 15.4 Å². The zero-order chi connectivity index (χ0) is 22.7. The molecule has 4 rings (SSSR count). The molecule has 0 bridgehead atoms. The van der Waals surface area contributed by atoms with Crippen LogP contribution in [0.3, 0.4) is 0 Å². The molecule has 0 fully saturated rings. The van der Waals surface area contributed by atoms with Crippen LogP contribution < -0.4 is 10.1 Å². The van der Waals surface area contributed by atoms with Gasteiger partial charge in [0, 0.05) is 16.8 Å². The van der Waals surface area contributed by atoms with Crippen LogP contribution in [0, 0.1) is 0 Å². The maximum atomic E-state index is 13.1. The molecule has 0 radical (unpaired) electrons. The number of nitrogens with one attached hydrogen (secondary N) is 1. The summed E-state index contributed by atoms with van der Waals surface area (Å²) in [5.41, 5.74) is 1.05. The lowest BCUT2D eigenvalue weighted by atomic mass is 10.1. The highest BCUT2D eigenvalue weighted by Gasteiger charge is 2.31. The standard InChI is InChI=1S/C23H17F3N4O2/c1-32-22-28-20(16-8-5-9-17(14-16)23(24,25)26)30(29-22)19-12-10-18(11-13-19)27-21(31)15-6-3-2-4-7-15/h2-14H,1H3,(H,27,31). The second-order valence-electron chi connectivity index (χ2n) is 6.78. The molecule has 32 heavy (non-hydrogen) atoms. The van der Waals surface area contributed by atoms with Gasteiger partial charge in [-0.3, -0.25) is 4.79 Å². The topological polar surface area (TPSA) is 69.0 Å². The Morgan fingerprint density at radius 2 is 1.69 bits per heavy atom. The first-order valence-electron chi connectivity index (χ1n) is 9.50. The molecule has 9 heteroatoms. The van der Waals surface area contributed by atoms with Crippen LogP contribution in [0.4, 0.5) is 18.9 Å². The molecule has 162 valence electrons. The van der Waals surface area contributed by atoms with Gasteiger partial charge in [-0.2, -0.15) is 18.2 Å². The van der Waals surface area contributed by atoms with Gasteiger partial charge < -0.3 is 10.1 Å². The van der Waals surface area contributed by atoms with Crippen LogP contribution >= 0.6 is 0 Å². The Kier molecular flexibility index (Phi) is 5.63. The van der Waals surface area contributed by atoms with Crippen LogP contribution in [-0.4, -0.2) is 27.8 Å². The third-order valence-electron chi connectivity index (χ3n) is 4.62. The highest BCUT2D eigenvalue weighted by Crippen LogP contribution is 2.32. The Labute approximate surface area is 181 Å². The molecular formula is C23H17F3N4O2. The SMILES string of the molecule is COc1nc(-c2cccc(C(F)(F)F)c2)n(-c2ccc(NC(=O)c3ccccc3)cc2)n1. The summed E-state index contributed by atoms with van der Waals surface area (Å²) in [6.45, 7) is 0. The van der Waals surface area contributed by atoms with Crippen molar-refractivity contribution in [2.45, 2.75) is 6.18 Å². The number of halogens is 3. The molecule has 1 N–H and O–H groups in total. The van der Waals surface area contributed by atoms with E-state index in [4.69, 9.17) is 4.74 Å². The number of alkyl halides is 3. The number of amides is 1. The molecule has 0 atom stereocenters. The van der Waals surface area contributed by atoms with E-state index < -0.39 is 11.7 Å². The molecule has 0 spiro atoms. The summed E-state index contributed by atoms with van der Waals surface area (Å²) in [6.07, 6.45) is -4.48. The summed E-state index contributed by atoms with van der Waals surface area (Å²) in [7, 11) is 1.37. The smallest absolute Gasteiger partial charge is 0.416 e. The van der Waals surface area contributed by atoms with Gasteiger partial charge in [0.15, 0.2) is 5.82 Å². The largest absolute Gasteiger partial charge is 0.466 e. The van der Waals surface area contributed by atoms with E-state index in [1.54, 1.807) is 48.5 Å². The van der Waals surface area contributed by atoms with Crippen LogP contribution in [0.15, 0.2) is 78.9 Å². The zero-order valence-corrected chi connectivity index (χ0v) is 16.8. The minimum Gasteiger partial charge on any atom is -0.466 e. The van der Waals surface area contributed by atoms with Gasteiger partial charge in [-0.1, -0.05) is 30.3 Å². The molecule has 0 aliphatic carbocycles. The number of hydrogen-bond donors (Lipinski definition) is 1. The number of carbonyl (C=O) groups excluding carboxylic acids is 1. The second-order valence-corrected chi connectivity index (χ2v) is 6.78. The van der Waals surface area contributed by atoms with Crippen molar-refractivity contribution in [3.63, 3.8) is 0 Å². The Balaban J connectivity index is 1.64. The summed E-state index contributed by atoms with van der Waals surface area (Å²) in [5.74, 6) is -0.0700. The molecule has 0 aliphatic heterocycles. The first-order chi connectivity index (χ1) is 15.3. The first-order valence-corrected chi connectivity index (χ1v) is 9.50. The first kappa shape index (κ1) is 21.1. The monoisotopic (exact) mass is 438 g/mol. The Bertz CT molecular complexity index is 1240. The molecule has 0 saturated heterocycles. The van der Waals surface area contributed by atoms with Crippen LogP contribution in [-0.2, 0) is 6.18 Å². The maximum Gasteiger partial charge on any atom is 0.416 e. The number of rotatable bonds is 5. The van der Waals surface area contributed by atoms with Crippen molar-refractivity contribution in [3.8, 4) is 23.1 Å². The summed E-state index contributed by atoms with van der Waals surface area (Å²) >= 11 is 0. The van der Waals surface area contributed by atoms with Gasteiger partial charge in [-0.25, -0.2) is 4.68 Å². The van der Waals surface area contributed by atoms with Gasteiger partial charge in [0.05, 0.1) is 18.4 Å². The second kappa shape index (κ2) is 8.54. The third-order valence-corrected chi connectivity index (χ3v) is 4.62. The lowest BCUT2D eigenvalue weighted by Gasteiger charge is -2.10. The summed E-state index contributed by atoms with van der Waals surface area (Å²) in [4.78, 5) is 16.5. The zero-order valence-electron chi connectivity index (χ0n) is 16.8. The van der Waals surface area contributed by atoms with Crippen molar-refractivity contribution in [1.29, 1.82) is 0 Å².